The zero-order valence-corrected chi connectivity index (χ0v) is 11.4. The molecule has 108 valence electrons. The van der Waals surface area contributed by atoms with Crippen LogP contribution in [0.3, 0.4) is 0 Å². The second-order valence-corrected chi connectivity index (χ2v) is 6.33. The predicted octanol–water partition coefficient (Wildman–Crippen LogP) is 3.06. The number of hydrogen-bond acceptors (Lipinski definition) is 2. The molecule has 1 N–H and O–H groups in total. The summed E-state index contributed by atoms with van der Waals surface area (Å²) in [6, 6.07) is 0. The van der Waals surface area contributed by atoms with E-state index in [1.165, 1.54) is 0 Å². The third kappa shape index (κ3) is 4.76. The average Bonchev–Trinajstić information content (AvgIpc) is 2.24. The minimum absolute atomic E-state index is 0.162. The molecule has 18 heavy (non-hydrogen) atoms. The van der Waals surface area contributed by atoms with Crippen LogP contribution >= 0.6 is 0 Å². The van der Waals surface area contributed by atoms with Gasteiger partial charge in [0.15, 0.2) is 0 Å². The van der Waals surface area contributed by atoms with Crippen molar-refractivity contribution in [1.82, 2.24) is 4.90 Å². The van der Waals surface area contributed by atoms with Crippen molar-refractivity contribution < 1.29 is 18.3 Å². The number of halogens is 3. The fourth-order valence-electron chi connectivity index (χ4n) is 2.22. The maximum atomic E-state index is 12.5. The molecule has 1 unspecified atom stereocenters. The lowest BCUT2D eigenvalue weighted by atomic mass is 9.87. The van der Waals surface area contributed by atoms with Gasteiger partial charge in [0.2, 0.25) is 0 Å². The van der Waals surface area contributed by atoms with Crippen LogP contribution in [0.25, 0.3) is 0 Å². The van der Waals surface area contributed by atoms with E-state index in [0.717, 1.165) is 0 Å². The minimum Gasteiger partial charge on any atom is -0.393 e. The van der Waals surface area contributed by atoms with Crippen molar-refractivity contribution in [3.63, 3.8) is 0 Å². The Morgan fingerprint density at radius 2 is 1.67 bits per heavy atom. The summed E-state index contributed by atoms with van der Waals surface area (Å²) in [7, 11) is 0. The first-order valence-electron chi connectivity index (χ1n) is 6.58. The van der Waals surface area contributed by atoms with Gasteiger partial charge in [-0.05, 0) is 37.8 Å². The molecule has 0 saturated carbocycles. The highest BCUT2D eigenvalue weighted by atomic mass is 19.4. The van der Waals surface area contributed by atoms with Crippen LogP contribution in [0.15, 0.2) is 0 Å². The molecule has 5 heteroatoms. The average molecular weight is 267 g/mol. The number of hydrogen-bond donors (Lipinski definition) is 1. The van der Waals surface area contributed by atoms with Gasteiger partial charge >= 0.3 is 6.18 Å². The normalized spacial score (nSPS) is 22.2. The zero-order chi connectivity index (χ0) is 14.0. The topological polar surface area (TPSA) is 23.5 Å². The molecule has 0 aromatic rings. The summed E-state index contributed by atoms with van der Waals surface area (Å²) in [4.78, 5) is 2.02. The SMILES string of the molecule is CC(C)(C)C(O)CCN1CCC(C(F)(F)F)CC1. The van der Waals surface area contributed by atoms with E-state index in [0.29, 0.717) is 26.1 Å². The van der Waals surface area contributed by atoms with Gasteiger partial charge in [-0.2, -0.15) is 13.2 Å². The summed E-state index contributed by atoms with van der Waals surface area (Å²) in [6.45, 7) is 7.56. The third-order valence-corrected chi connectivity index (χ3v) is 3.77. The fourth-order valence-corrected chi connectivity index (χ4v) is 2.22. The number of nitrogens with zero attached hydrogens (tertiary/aromatic N) is 1. The first-order valence-corrected chi connectivity index (χ1v) is 6.58. The van der Waals surface area contributed by atoms with E-state index in [1.54, 1.807) is 0 Å². The van der Waals surface area contributed by atoms with Crippen molar-refractivity contribution in [1.29, 1.82) is 0 Å². The Kier molecular flexibility index (Phi) is 5.06. The molecule has 0 radical (unpaired) electrons. The van der Waals surface area contributed by atoms with E-state index in [2.05, 4.69) is 0 Å². The van der Waals surface area contributed by atoms with Crippen LogP contribution in [-0.4, -0.2) is 41.9 Å². The van der Waals surface area contributed by atoms with Crippen LogP contribution in [0, 0.1) is 11.3 Å². The van der Waals surface area contributed by atoms with E-state index in [9.17, 15) is 18.3 Å². The molecule has 0 aromatic carbocycles. The van der Waals surface area contributed by atoms with Gasteiger partial charge in [0, 0.05) is 6.54 Å². The smallest absolute Gasteiger partial charge is 0.391 e. The van der Waals surface area contributed by atoms with E-state index >= 15 is 0 Å². The summed E-state index contributed by atoms with van der Waals surface area (Å²) in [5.74, 6) is -1.14. The van der Waals surface area contributed by atoms with Crippen molar-refractivity contribution in [2.24, 2.45) is 11.3 Å². The fraction of sp³-hybridized carbons (Fsp3) is 1.00. The molecule has 1 heterocycles. The molecule has 1 atom stereocenters. The highest BCUT2D eigenvalue weighted by Crippen LogP contribution is 2.34. The van der Waals surface area contributed by atoms with Crippen LogP contribution in [0.1, 0.15) is 40.0 Å². The maximum Gasteiger partial charge on any atom is 0.391 e. The van der Waals surface area contributed by atoms with Gasteiger partial charge < -0.3 is 10.0 Å². The Hall–Kier alpha value is -0.290. The van der Waals surface area contributed by atoms with E-state index in [1.807, 2.05) is 25.7 Å². The van der Waals surface area contributed by atoms with Gasteiger partial charge in [-0.1, -0.05) is 20.8 Å². The second-order valence-electron chi connectivity index (χ2n) is 6.33. The summed E-state index contributed by atoms with van der Waals surface area (Å²) in [5.41, 5.74) is -0.162. The van der Waals surface area contributed by atoms with Crippen molar-refractivity contribution >= 4 is 0 Å². The Morgan fingerprint density at radius 1 is 1.17 bits per heavy atom. The molecule has 1 aliphatic rings. The van der Waals surface area contributed by atoms with Crippen LogP contribution in [-0.2, 0) is 0 Å². The van der Waals surface area contributed by atoms with Crippen LogP contribution in [0.5, 0.6) is 0 Å². The standard InChI is InChI=1S/C13H24F3NO/c1-12(2,3)11(18)6-9-17-7-4-10(5-8-17)13(14,15)16/h10-11,18H,4-9H2,1-3H3. The highest BCUT2D eigenvalue weighted by Gasteiger charge is 2.41. The first kappa shape index (κ1) is 15.8. The highest BCUT2D eigenvalue weighted by molar-refractivity contribution is 4.79. The van der Waals surface area contributed by atoms with Crippen LogP contribution in [0.2, 0.25) is 0 Å². The number of aliphatic hydroxyl groups is 1. The minimum atomic E-state index is -4.04. The van der Waals surface area contributed by atoms with E-state index in [4.69, 9.17) is 0 Å². The van der Waals surface area contributed by atoms with Crippen LogP contribution < -0.4 is 0 Å². The van der Waals surface area contributed by atoms with Crippen molar-refractivity contribution in [2.75, 3.05) is 19.6 Å². The molecule has 2 nitrogen and oxygen atoms in total. The lowest BCUT2D eigenvalue weighted by Gasteiger charge is -2.34. The summed E-state index contributed by atoms with van der Waals surface area (Å²) in [5, 5.41) is 9.89. The van der Waals surface area contributed by atoms with E-state index in [-0.39, 0.29) is 18.3 Å². The Balaban J connectivity index is 2.28. The molecule has 0 aromatic heterocycles. The van der Waals surface area contributed by atoms with Gasteiger partial charge in [0.25, 0.3) is 0 Å². The van der Waals surface area contributed by atoms with Gasteiger partial charge in [-0.15, -0.1) is 0 Å². The van der Waals surface area contributed by atoms with Crippen molar-refractivity contribution in [3.05, 3.63) is 0 Å². The zero-order valence-electron chi connectivity index (χ0n) is 11.4. The van der Waals surface area contributed by atoms with Gasteiger partial charge in [-0.3, -0.25) is 0 Å². The monoisotopic (exact) mass is 267 g/mol. The predicted molar refractivity (Wildman–Crippen MR) is 65.3 cm³/mol. The number of aliphatic hydroxyl groups excluding tert-OH is 1. The molecule has 0 amide bonds. The number of rotatable bonds is 3. The Labute approximate surface area is 107 Å². The lowest BCUT2D eigenvalue weighted by Crippen LogP contribution is -2.41. The first-order chi connectivity index (χ1) is 8.10. The molecule has 1 saturated heterocycles. The quantitative estimate of drug-likeness (QED) is 0.849. The summed E-state index contributed by atoms with van der Waals surface area (Å²) < 4.78 is 37.4. The molecule has 0 bridgehead atoms. The molecule has 1 rings (SSSR count). The second kappa shape index (κ2) is 5.78. The Morgan fingerprint density at radius 3 is 2.06 bits per heavy atom. The summed E-state index contributed by atoms with van der Waals surface area (Å²) in [6.07, 6.45) is -3.45. The largest absolute Gasteiger partial charge is 0.393 e. The third-order valence-electron chi connectivity index (χ3n) is 3.77. The lowest BCUT2D eigenvalue weighted by molar-refractivity contribution is -0.185. The maximum absolute atomic E-state index is 12.5. The molecule has 1 aliphatic heterocycles. The van der Waals surface area contributed by atoms with Crippen LogP contribution in [0.4, 0.5) is 13.2 Å². The van der Waals surface area contributed by atoms with Crippen molar-refractivity contribution in [3.8, 4) is 0 Å². The Bertz CT molecular complexity index is 252. The van der Waals surface area contributed by atoms with Gasteiger partial charge in [-0.25, -0.2) is 0 Å². The number of piperidine rings is 1. The molecular weight excluding hydrogens is 243 g/mol. The van der Waals surface area contributed by atoms with Gasteiger partial charge in [0.05, 0.1) is 12.0 Å². The summed E-state index contributed by atoms with van der Waals surface area (Å²) >= 11 is 0. The van der Waals surface area contributed by atoms with Gasteiger partial charge in [0.1, 0.15) is 0 Å². The molecule has 0 spiro atoms. The molecule has 1 fully saturated rings. The molecule has 0 aliphatic carbocycles. The molecular formula is C13H24F3NO. The number of alkyl halides is 3. The van der Waals surface area contributed by atoms with E-state index < -0.39 is 18.2 Å². The number of likely N-dealkylation sites (tertiary alicyclic amines) is 1. The van der Waals surface area contributed by atoms with Crippen molar-refractivity contribution in [2.45, 2.75) is 52.3 Å².